The van der Waals surface area contributed by atoms with Crippen molar-refractivity contribution in [1.29, 1.82) is 0 Å². The van der Waals surface area contributed by atoms with E-state index >= 15 is 0 Å². The van der Waals surface area contributed by atoms with E-state index in [1.807, 2.05) is 55.8 Å². The van der Waals surface area contributed by atoms with Gasteiger partial charge in [-0.2, -0.15) is 5.48 Å². The summed E-state index contributed by atoms with van der Waals surface area (Å²) >= 11 is 0. The average Bonchev–Trinajstić information content (AvgIpc) is 2.97. The number of benzene rings is 1. The molecule has 0 aliphatic rings. The molecule has 22 heavy (non-hydrogen) atoms. The lowest BCUT2D eigenvalue weighted by molar-refractivity contribution is -0.131. The first-order valence-corrected chi connectivity index (χ1v) is 7.15. The molecule has 2 rings (SSSR count). The van der Waals surface area contributed by atoms with Crippen LogP contribution in [-0.2, 0) is 16.1 Å². The Bertz CT molecular complexity index is 600. The molecule has 0 unspecified atom stereocenters. The fraction of sp³-hybridized carbons (Fsp3) is 0.375. The molecule has 0 aliphatic carbocycles. The zero-order chi connectivity index (χ0) is 16.2. The number of hydrogen-bond acceptors (Lipinski definition) is 4. The van der Waals surface area contributed by atoms with Gasteiger partial charge in [-0.3, -0.25) is 9.63 Å². The van der Waals surface area contributed by atoms with Gasteiger partial charge in [0.2, 0.25) is 5.91 Å². The highest BCUT2D eigenvalue weighted by Gasteiger charge is 2.19. The number of nitrogens with two attached hydrogens (primary N) is 1. The first-order chi connectivity index (χ1) is 10.3. The summed E-state index contributed by atoms with van der Waals surface area (Å²) in [6, 6.07) is 7.30. The lowest BCUT2D eigenvalue weighted by Gasteiger charge is -2.23. The molecular formula is C16H22N4O2. The van der Waals surface area contributed by atoms with Crippen LogP contribution < -0.4 is 11.2 Å². The van der Waals surface area contributed by atoms with E-state index in [2.05, 4.69) is 10.5 Å². The third-order valence-corrected chi connectivity index (χ3v) is 3.03. The van der Waals surface area contributed by atoms with Gasteiger partial charge in [0.15, 0.2) is 0 Å². The third kappa shape index (κ3) is 4.68. The minimum absolute atomic E-state index is 0.390. The summed E-state index contributed by atoms with van der Waals surface area (Å²) in [7, 11) is 0. The highest BCUT2D eigenvalue weighted by molar-refractivity contribution is 5.80. The standard InChI is InChI=1S/C16H22N4O2/c1-16(2,3)22-19-14(15(17)21)10-12-4-6-13(7-5-12)20-9-8-18-11-20/h4-9,11,14,19H,10H2,1-3H3,(H2,17,21)/t14-/m1/s1. The summed E-state index contributed by atoms with van der Waals surface area (Å²) < 4.78 is 1.91. The highest BCUT2D eigenvalue weighted by Crippen LogP contribution is 2.12. The number of carbonyl (C=O) groups is 1. The van der Waals surface area contributed by atoms with E-state index in [-0.39, 0.29) is 5.60 Å². The Hall–Kier alpha value is -2.18. The quantitative estimate of drug-likeness (QED) is 0.794. The second kappa shape index (κ2) is 6.72. The summed E-state index contributed by atoms with van der Waals surface area (Å²) in [5, 5.41) is 0. The number of hydroxylamine groups is 1. The lowest BCUT2D eigenvalue weighted by atomic mass is 10.1. The molecule has 0 fully saturated rings. The van der Waals surface area contributed by atoms with E-state index in [1.54, 1.807) is 12.5 Å². The molecule has 2 aromatic rings. The van der Waals surface area contributed by atoms with Gasteiger partial charge in [-0.25, -0.2) is 4.98 Å². The Balaban J connectivity index is 2.02. The van der Waals surface area contributed by atoms with E-state index < -0.39 is 11.9 Å². The van der Waals surface area contributed by atoms with Crippen LogP contribution in [0.4, 0.5) is 0 Å². The van der Waals surface area contributed by atoms with Gasteiger partial charge in [0, 0.05) is 18.1 Å². The number of imidazole rings is 1. The normalized spacial score (nSPS) is 13.0. The molecule has 6 heteroatoms. The Morgan fingerprint density at radius 2 is 2.05 bits per heavy atom. The van der Waals surface area contributed by atoms with E-state index in [4.69, 9.17) is 10.6 Å². The Kier molecular flexibility index (Phi) is 4.95. The zero-order valence-electron chi connectivity index (χ0n) is 13.1. The van der Waals surface area contributed by atoms with Crippen LogP contribution in [0.25, 0.3) is 5.69 Å². The number of primary amides is 1. The van der Waals surface area contributed by atoms with Crippen molar-refractivity contribution in [2.45, 2.75) is 38.8 Å². The largest absolute Gasteiger partial charge is 0.368 e. The van der Waals surface area contributed by atoms with Crippen molar-refractivity contribution in [1.82, 2.24) is 15.0 Å². The lowest BCUT2D eigenvalue weighted by Crippen LogP contribution is -2.45. The summed E-state index contributed by atoms with van der Waals surface area (Å²) in [5.74, 6) is -0.442. The molecule has 0 radical (unpaired) electrons. The molecule has 0 saturated carbocycles. The maximum Gasteiger partial charge on any atom is 0.237 e. The zero-order valence-corrected chi connectivity index (χ0v) is 13.1. The van der Waals surface area contributed by atoms with Crippen molar-refractivity contribution >= 4 is 5.91 Å². The van der Waals surface area contributed by atoms with Crippen LogP contribution in [0.15, 0.2) is 43.0 Å². The topological polar surface area (TPSA) is 82.2 Å². The van der Waals surface area contributed by atoms with Crippen LogP contribution in [0.1, 0.15) is 26.3 Å². The molecule has 6 nitrogen and oxygen atoms in total. The second-order valence-electron chi connectivity index (χ2n) is 6.13. The molecule has 118 valence electrons. The summed E-state index contributed by atoms with van der Waals surface area (Å²) in [6.07, 6.45) is 5.81. The molecule has 3 N–H and O–H groups in total. The van der Waals surface area contributed by atoms with Gasteiger partial charge in [0.1, 0.15) is 6.04 Å². The van der Waals surface area contributed by atoms with Gasteiger partial charge in [0.25, 0.3) is 0 Å². The first-order valence-electron chi connectivity index (χ1n) is 7.15. The number of amides is 1. The first kappa shape index (κ1) is 16.2. The number of aromatic nitrogens is 2. The van der Waals surface area contributed by atoms with Crippen molar-refractivity contribution in [3.05, 3.63) is 48.5 Å². The molecule has 1 aromatic heterocycles. The van der Waals surface area contributed by atoms with Gasteiger partial charge in [-0.1, -0.05) is 12.1 Å². The van der Waals surface area contributed by atoms with Gasteiger partial charge in [-0.05, 0) is 44.9 Å². The fourth-order valence-corrected chi connectivity index (χ4v) is 1.90. The molecule has 0 saturated heterocycles. The smallest absolute Gasteiger partial charge is 0.237 e. The van der Waals surface area contributed by atoms with Crippen LogP contribution in [0.5, 0.6) is 0 Å². The number of nitrogens with one attached hydrogen (secondary N) is 1. The predicted molar refractivity (Wildman–Crippen MR) is 84.2 cm³/mol. The van der Waals surface area contributed by atoms with Crippen LogP contribution in [-0.4, -0.2) is 27.1 Å². The molecular weight excluding hydrogens is 280 g/mol. The SMILES string of the molecule is CC(C)(C)ON[C@H](Cc1ccc(-n2ccnc2)cc1)C(N)=O. The maximum atomic E-state index is 11.5. The summed E-state index contributed by atoms with van der Waals surface area (Å²) in [6.45, 7) is 5.70. The maximum absolute atomic E-state index is 11.5. The minimum Gasteiger partial charge on any atom is -0.368 e. The number of carbonyl (C=O) groups excluding carboxylic acids is 1. The Morgan fingerprint density at radius 3 is 2.55 bits per heavy atom. The van der Waals surface area contributed by atoms with Crippen LogP contribution in [0.3, 0.4) is 0 Å². The van der Waals surface area contributed by atoms with Crippen LogP contribution in [0, 0.1) is 0 Å². The van der Waals surface area contributed by atoms with Gasteiger partial charge in [-0.15, -0.1) is 0 Å². The van der Waals surface area contributed by atoms with Crippen molar-refractivity contribution in [2.24, 2.45) is 5.73 Å². The molecule has 0 bridgehead atoms. The van der Waals surface area contributed by atoms with Crippen molar-refractivity contribution in [3.63, 3.8) is 0 Å². The Labute approximate surface area is 130 Å². The van der Waals surface area contributed by atoms with E-state index in [0.29, 0.717) is 6.42 Å². The van der Waals surface area contributed by atoms with Gasteiger partial charge >= 0.3 is 0 Å². The number of hydrogen-bond donors (Lipinski definition) is 2. The van der Waals surface area contributed by atoms with Crippen LogP contribution in [0.2, 0.25) is 0 Å². The van der Waals surface area contributed by atoms with Crippen LogP contribution >= 0.6 is 0 Å². The van der Waals surface area contributed by atoms with Gasteiger partial charge < -0.3 is 10.3 Å². The van der Waals surface area contributed by atoms with Crippen molar-refractivity contribution in [2.75, 3.05) is 0 Å². The molecule has 1 atom stereocenters. The van der Waals surface area contributed by atoms with Crippen molar-refractivity contribution < 1.29 is 9.63 Å². The minimum atomic E-state index is -0.571. The molecule has 0 spiro atoms. The average molecular weight is 302 g/mol. The third-order valence-electron chi connectivity index (χ3n) is 3.03. The molecule has 0 aliphatic heterocycles. The van der Waals surface area contributed by atoms with E-state index in [0.717, 1.165) is 11.3 Å². The fourth-order valence-electron chi connectivity index (χ4n) is 1.90. The summed E-state index contributed by atoms with van der Waals surface area (Å²) in [5.41, 5.74) is 9.81. The molecule has 1 heterocycles. The van der Waals surface area contributed by atoms with E-state index in [9.17, 15) is 4.79 Å². The monoisotopic (exact) mass is 302 g/mol. The second-order valence-corrected chi connectivity index (χ2v) is 6.13. The van der Waals surface area contributed by atoms with Gasteiger partial charge in [0.05, 0.1) is 11.9 Å². The summed E-state index contributed by atoms with van der Waals surface area (Å²) in [4.78, 5) is 21.0. The number of nitrogens with zero attached hydrogens (tertiary/aromatic N) is 2. The Morgan fingerprint density at radius 1 is 1.36 bits per heavy atom. The molecule has 1 aromatic carbocycles. The number of rotatable bonds is 6. The van der Waals surface area contributed by atoms with Crippen molar-refractivity contribution in [3.8, 4) is 5.69 Å². The predicted octanol–water partition coefficient (Wildman–Crippen LogP) is 1.59. The highest BCUT2D eigenvalue weighted by atomic mass is 16.7. The molecule has 1 amide bonds. The van der Waals surface area contributed by atoms with E-state index in [1.165, 1.54) is 0 Å².